The van der Waals surface area contributed by atoms with Gasteiger partial charge in [-0.25, -0.2) is 9.37 Å². The fourth-order valence-corrected chi connectivity index (χ4v) is 14.0. The maximum Gasteiger partial charge on any atom is 0.319 e. The van der Waals surface area contributed by atoms with Gasteiger partial charge in [0.05, 0.1) is 39.2 Å². The number of aryl methyl sites for hydroxylation is 2. The quantitative estimate of drug-likeness (QED) is 0.0715. The Labute approximate surface area is 456 Å². The number of anilines is 1. The van der Waals surface area contributed by atoms with Crippen molar-refractivity contribution in [1.82, 2.24) is 45.5 Å². The summed E-state index contributed by atoms with van der Waals surface area (Å²) in [5.41, 5.74) is 6.21. The van der Waals surface area contributed by atoms with Gasteiger partial charge in [-0.05, 0) is 116 Å². The average Bonchev–Trinajstić information content (AvgIpc) is 4.42. The second-order valence-electron chi connectivity index (χ2n) is 22.5. The molecule has 4 N–H and O–H groups in total. The average molecular weight is 1080 g/mol. The number of hydrogen-bond donors (Lipinski definition) is 4. The molecule has 0 saturated carbocycles. The molecule has 5 aliphatic rings. The van der Waals surface area contributed by atoms with Crippen molar-refractivity contribution < 1.29 is 38.2 Å². The Bertz CT molecular complexity index is 3380. The van der Waals surface area contributed by atoms with Crippen molar-refractivity contribution in [2.75, 3.05) is 44.3 Å². The molecule has 0 spiro atoms. The fraction of sp³-hybridized carbons (Fsp3) is 0.475. The van der Waals surface area contributed by atoms with E-state index >= 15 is 4.39 Å². The molecule has 12 rings (SSSR count). The summed E-state index contributed by atoms with van der Waals surface area (Å²) in [6.45, 7) is 12.7. The maximum atomic E-state index is 17.4. The minimum atomic E-state index is -0.865. The number of fused-ring (bicyclic) bond motifs is 5. The number of halogens is 1. The number of β-amino-alcohol motifs (C(OH)–C–C–N with tert-alkyl or cyclic N) is 1. The van der Waals surface area contributed by atoms with Crippen LogP contribution in [0.3, 0.4) is 0 Å². The van der Waals surface area contributed by atoms with Crippen LogP contribution in [0.5, 0.6) is 17.6 Å². The molecular formula is C59H67FN10O7S. The fourth-order valence-electron chi connectivity index (χ4n) is 13.2. The number of phenolic OH excluding ortho intramolecular Hbond substituents is 1. The second kappa shape index (κ2) is 21.1. The molecule has 5 aliphatic heterocycles. The third kappa shape index (κ3) is 9.70. The lowest BCUT2D eigenvalue weighted by molar-refractivity contribution is -0.141. The van der Waals surface area contributed by atoms with Gasteiger partial charge >= 0.3 is 6.01 Å². The standard InChI is InChI=1S/C59H67FN10O7S/c1-6-35-9-7-10-38-21-42(71)22-44(50(35)38)52-51(60)53-45(25-61-52)55(68-26-39-15-16-40(27-68)64-39)66-58(65-53)76-30-59-18-8-20-70(59)41(17-19-59)29-75-48-24-47(77-67-48)49(32(2)3)57(74)69-28-43(72)23-46(69)56(73)63-33(4)36-11-13-37(14-12-36)54-34(5)62-31-78-54/h7,9-14,21-22,24-25,31-33,39-41,43,46,49,64,71-72H,6,8,15-20,23,26-30H2,1-5H3,(H,63,73)/t33-,39?,40?,41-,43+,46-,49-,59-/m0/s1. The van der Waals surface area contributed by atoms with Gasteiger partial charge in [0, 0.05) is 62.0 Å². The van der Waals surface area contributed by atoms with Crippen LogP contribution in [-0.4, -0.2) is 132 Å². The Kier molecular flexibility index (Phi) is 14.1. The first kappa shape index (κ1) is 51.9. The number of carbonyl (C=O) groups excluding carboxylic acids is 2. The van der Waals surface area contributed by atoms with Crippen molar-refractivity contribution in [2.45, 2.75) is 134 Å². The van der Waals surface area contributed by atoms with E-state index in [-0.39, 0.29) is 77.2 Å². The molecule has 3 aromatic carbocycles. The van der Waals surface area contributed by atoms with E-state index in [1.165, 1.54) is 4.90 Å². The topological polar surface area (TPSA) is 204 Å². The van der Waals surface area contributed by atoms with E-state index in [1.54, 1.807) is 35.7 Å². The summed E-state index contributed by atoms with van der Waals surface area (Å²) < 4.78 is 36.2. The number of likely N-dealkylation sites (tertiary alicyclic amines) is 1. The van der Waals surface area contributed by atoms with Gasteiger partial charge in [0.2, 0.25) is 11.8 Å². The number of aromatic nitrogens is 5. The number of hydrogen-bond acceptors (Lipinski definition) is 16. The smallest absolute Gasteiger partial charge is 0.319 e. The zero-order valence-corrected chi connectivity index (χ0v) is 45.6. The number of aliphatic hydroxyl groups excluding tert-OH is 1. The number of rotatable bonds is 16. The summed E-state index contributed by atoms with van der Waals surface area (Å²) in [6.07, 6.45) is 7.32. The van der Waals surface area contributed by atoms with Crippen molar-refractivity contribution in [2.24, 2.45) is 5.92 Å². The molecule has 0 radical (unpaired) electrons. The van der Waals surface area contributed by atoms with E-state index in [2.05, 4.69) is 37.5 Å². The molecule has 19 heteroatoms. The Morgan fingerprint density at radius 3 is 2.56 bits per heavy atom. The highest BCUT2D eigenvalue weighted by Gasteiger charge is 2.50. The van der Waals surface area contributed by atoms with E-state index < -0.39 is 23.9 Å². The lowest BCUT2D eigenvalue weighted by Gasteiger charge is -2.35. The van der Waals surface area contributed by atoms with E-state index in [0.717, 1.165) is 103 Å². The van der Waals surface area contributed by atoms with Crippen molar-refractivity contribution in [3.63, 3.8) is 0 Å². The van der Waals surface area contributed by atoms with Gasteiger partial charge < -0.3 is 44.6 Å². The van der Waals surface area contributed by atoms with Crippen LogP contribution >= 0.6 is 11.3 Å². The maximum absolute atomic E-state index is 17.4. The highest BCUT2D eigenvalue weighted by Crippen LogP contribution is 2.44. The number of thiazole rings is 1. The van der Waals surface area contributed by atoms with Crippen LogP contribution in [0.4, 0.5) is 10.2 Å². The van der Waals surface area contributed by atoms with Gasteiger partial charge in [0.25, 0.3) is 5.88 Å². The summed E-state index contributed by atoms with van der Waals surface area (Å²) in [5, 5.41) is 34.9. The number of aromatic hydroxyl groups is 1. The Balaban J connectivity index is 0.731. The van der Waals surface area contributed by atoms with Crippen molar-refractivity contribution in [3.8, 4) is 39.3 Å². The third-order valence-electron chi connectivity index (χ3n) is 17.2. The van der Waals surface area contributed by atoms with Crippen LogP contribution in [-0.2, 0) is 16.0 Å². The first-order valence-electron chi connectivity index (χ1n) is 27.6. The predicted octanol–water partition coefficient (Wildman–Crippen LogP) is 8.65. The van der Waals surface area contributed by atoms with E-state index in [1.807, 2.05) is 75.7 Å². The minimum Gasteiger partial charge on any atom is -0.508 e. The number of ether oxygens (including phenoxy) is 2. The van der Waals surface area contributed by atoms with Gasteiger partial charge in [0.15, 0.2) is 11.6 Å². The first-order chi connectivity index (χ1) is 37.7. The summed E-state index contributed by atoms with van der Waals surface area (Å²) in [5.74, 6) is -1.04. The zero-order valence-electron chi connectivity index (χ0n) is 44.7. The molecule has 5 saturated heterocycles. The Morgan fingerprint density at radius 1 is 1.00 bits per heavy atom. The van der Waals surface area contributed by atoms with Crippen molar-refractivity contribution in [3.05, 3.63) is 101 Å². The largest absolute Gasteiger partial charge is 0.508 e. The number of aliphatic hydroxyl groups is 1. The van der Waals surface area contributed by atoms with Gasteiger partial charge in [0.1, 0.15) is 48.0 Å². The number of phenols is 1. The number of amides is 2. The van der Waals surface area contributed by atoms with E-state index in [4.69, 9.17) is 28.9 Å². The molecule has 9 heterocycles. The zero-order chi connectivity index (χ0) is 54.0. The highest BCUT2D eigenvalue weighted by atomic mass is 32.1. The normalized spacial score (nSPS) is 23.9. The number of nitrogens with one attached hydrogen (secondary N) is 2. The van der Waals surface area contributed by atoms with Crippen LogP contribution in [0, 0.1) is 18.7 Å². The molecule has 7 aromatic rings. The summed E-state index contributed by atoms with van der Waals surface area (Å²) in [6, 6.07) is 18.4. The number of carbonyl (C=O) groups is 2. The number of benzene rings is 3. The second-order valence-corrected chi connectivity index (χ2v) is 23.4. The molecule has 2 bridgehead atoms. The molecule has 408 valence electrons. The van der Waals surface area contributed by atoms with E-state index in [9.17, 15) is 19.8 Å². The van der Waals surface area contributed by atoms with Crippen molar-refractivity contribution in [1.29, 1.82) is 0 Å². The lowest BCUT2D eigenvalue weighted by atomic mass is 9.91. The lowest BCUT2D eigenvalue weighted by Crippen LogP contribution is -2.51. The molecule has 5 fully saturated rings. The summed E-state index contributed by atoms with van der Waals surface area (Å²) in [7, 11) is 0. The molecule has 8 atom stereocenters. The first-order valence-corrected chi connectivity index (χ1v) is 28.5. The molecule has 0 aliphatic carbocycles. The van der Waals surface area contributed by atoms with Crippen LogP contribution in [0.1, 0.15) is 107 Å². The van der Waals surface area contributed by atoms with Gasteiger partial charge in [-0.15, -0.1) is 11.3 Å². The summed E-state index contributed by atoms with van der Waals surface area (Å²) >= 11 is 1.58. The molecule has 2 unspecified atom stereocenters. The van der Waals surface area contributed by atoms with Gasteiger partial charge in [-0.1, -0.05) is 63.2 Å². The predicted molar refractivity (Wildman–Crippen MR) is 295 cm³/mol. The van der Waals surface area contributed by atoms with Crippen LogP contribution < -0.4 is 25.0 Å². The SMILES string of the molecule is CCc1cccc2cc(O)cc(-c3ncc4c(N5CC6CCC(C5)N6)nc(OC[C@@]56CCCN5[C@H](COc5cc([C@@H](C(=O)N7C[C@H](O)C[C@H]7C(=O)N[C@@H](C)c7ccc(-c8scnc8C)cc7)C(C)C)on5)CC6)nc4c3F)c12. The number of nitrogens with zero attached hydrogens (tertiary/aromatic N) is 8. The van der Waals surface area contributed by atoms with E-state index in [0.29, 0.717) is 47.8 Å². The molecule has 2 amide bonds. The molecular weight excluding hydrogens is 1010 g/mol. The molecule has 4 aromatic heterocycles. The van der Waals surface area contributed by atoms with Crippen molar-refractivity contribution >= 4 is 50.6 Å². The van der Waals surface area contributed by atoms with Gasteiger partial charge in [-0.3, -0.25) is 19.5 Å². The Hall–Kier alpha value is -6.80. The van der Waals surface area contributed by atoms with Gasteiger partial charge in [-0.2, -0.15) is 9.97 Å². The van der Waals surface area contributed by atoms with Crippen LogP contribution in [0.25, 0.3) is 43.4 Å². The molecule has 78 heavy (non-hydrogen) atoms. The summed E-state index contributed by atoms with van der Waals surface area (Å²) in [4.78, 5) is 54.6. The number of piperazine rings is 1. The number of pyridine rings is 1. The van der Waals surface area contributed by atoms with Crippen LogP contribution in [0.2, 0.25) is 0 Å². The monoisotopic (exact) mass is 1080 g/mol. The highest BCUT2D eigenvalue weighted by molar-refractivity contribution is 7.13. The third-order valence-corrected chi connectivity index (χ3v) is 18.1. The minimum absolute atomic E-state index is 0.0240. The van der Waals surface area contributed by atoms with Crippen LogP contribution in [0.15, 0.2) is 76.9 Å². The Morgan fingerprint density at radius 2 is 1.81 bits per heavy atom. The molecule has 17 nitrogen and oxygen atoms in total.